The minimum Gasteiger partial charge on any atom is -0.744 e. The Balaban J connectivity index is 0.000000322. The fourth-order valence-electron chi connectivity index (χ4n) is 3.95. The van der Waals surface area contributed by atoms with Crippen molar-refractivity contribution in [1.82, 2.24) is 4.98 Å². The van der Waals surface area contributed by atoms with E-state index in [0.29, 0.717) is 5.56 Å². The molecular formula is C33H39NO5S2. The molecule has 41 heavy (non-hydrogen) atoms. The average Bonchev–Trinajstić information content (AvgIpc) is 2.85. The first-order valence-corrected chi connectivity index (χ1v) is 15.9. The standard InChI is InChI=1S/C25H30NO2S.C8H10O3S/c1-24(2,3)27-19-9-13-21(14-10-19)29(23-8-7-17-26-18-23)22-15-11-20(12-16-22)28-25(4,5)6;1-6-3-4-8(7(2)5-6)12(9,10)11/h7-18H,1-6H3;3-5H,1-2H3,(H,9,10,11)/q+1;/p-1. The van der Waals surface area contributed by atoms with Crippen LogP contribution in [0.1, 0.15) is 52.7 Å². The van der Waals surface area contributed by atoms with E-state index in [2.05, 4.69) is 76.9 Å². The molecule has 0 spiro atoms. The van der Waals surface area contributed by atoms with E-state index in [-0.39, 0.29) is 27.0 Å². The van der Waals surface area contributed by atoms with Gasteiger partial charge in [0.05, 0.1) is 11.1 Å². The van der Waals surface area contributed by atoms with Crippen molar-refractivity contribution in [3.8, 4) is 11.5 Å². The molecule has 0 atom stereocenters. The van der Waals surface area contributed by atoms with E-state index in [4.69, 9.17) is 9.47 Å². The number of aromatic nitrogens is 1. The van der Waals surface area contributed by atoms with Gasteiger partial charge in [0, 0.05) is 6.20 Å². The summed E-state index contributed by atoms with van der Waals surface area (Å²) >= 11 is 0. The second-order valence-corrected chi connectivity index (χ2v) is 15.0. The van der Waals surface area contributed by atoms with Gasteiger partial charge < -0.3 is 14.0 Å². The second kappa shape index (κ2) is 13.1. The lowest BCUT2D eigenvalue weighted by molar-refractivity contribution is 0.130. The Hall–Kier alpha value is -3.33. The van der Waals surface area contributed by atoms with Gasteiger partial charge in [-0.3, -0.25) is 4.98 Å². The van der Waals surface area contributed by atoms with Crippen LogP contribution < -0.4 is 9.47 Å². The summed E-state index contributed by atoms with van der Waals surface area (Å²) in [7, 11) is -4.55. The summed E-state index contributed by atoms with van der Waals surface area (Å²) in [4.78, 5) is 7.85. The highest BCUT2D eigenvalue weighted by Gasteiger charge is 2.29. The molecule has 0 bridgehead atoms. The molecule has 0 aliphatic heterocycles. The topological polar surface area (TPSA) is 88.6 Å². The molecule has 0 unspecified atom stereocenters. The maximum atomic E-state index is 10.6. The van der Waals surface area contributed by atoms with Crippen LogP contribution in [-0.2, 0) is 21.0 Å². The van der Waals surface area contributed by atoms with Gasteiger partial charge >= 0.3 is 0 Å². The molecule has 4 rings (SSSR count). The fraction of sp³-hybridized carbons (Fsp3) is 0.303. The van der Waals surface area contributed by atoms with Crippen LogP contribution in [0.25, 0.3) is 0 Å². The smallest absolute Gasteiger partial charge is 0.184 e. The van der Waals surface area contributed by atoms with Crippen molar-refractivity contribution in [3.05, 3.63) is 102 Å². The van der Waals surface area contributed by atoms with Crippen molar-refractivity contribution < 1.29 is 22.4 Å². The van der Waals surface area contributed by atoms with Crippen LogP contribution in [0, 0.1) is 13.8 Å². The van der Waals surface area contributed by atoms with E-state index < -0.39 is 10.1 Å². The molecule has 0 aliphatic rings. The first-order valence-electron chi connectivity index (χ1n) is 13.3. The summed E-state index contributed by atoms with van der Waals surface area (Å²) in [6.07, 6.45) is 3.76. The third kappa shape index (κ3) is 10.2. The van der Waals surface area contributed by atoms with Crippen molar-refractivity contribution in [1.29, 1.82) is 0 Å². The zero-order chi connectivity index (χ0) is 30.4. The number of hydrogen-bond donors (Lipinski definition) is 0. The molecule has 8 heteroatoms. The molecule has 0 aliphatic carbocycles. The third-order valence-corrected chi connectivity index (χ3v) is 8.63. The summed E-state index contributed by atoms with van der Waals surface area (Å²) in [6.45, 7) is 15.8. The molecule has 3 aromatic carbocycles. The molecule has 4 aromatic rings. The zero-order valence-corrected chi connectivity index (χ0v) is 26.6. The van der Waals surface area contributed by atoms with Crippen LogP contribution in [0.5, 0.6) is 11.5 Å². The van der Waals surface area contributed by atoms with Crippen molar-refractivity contribution in [2.45, 2.75) is 86.2 Å². The maximum Gasteiger partial charge on any atom is 0.184 e. The Labute approximate surface area is 247 Å². The van der Waals surface area contributed by atoms with E-state index in [0.717, 1.165) is 17.1 Å². The lowest BCUT2D eigenvalue weighted by Crippen LogP contribution is -2.23. The lowest BCUT2D eigenvalue weighted by Gasteiger charge is -2.21. The number of hydrogen-bond acceptors (Lipinski definition) is 6. The van der Waals surface area contributed by atoms with Crippen LogP contribution in [0.15, 0.2) is 111 Å². The number of rotatable bonds is 6. The highest BCUT2D eigenvalue weighted by molar-refractivity contribution is 7.97. The molecule has 0 radical (unpaired) electrons. The van der Waals surface area contributed by atoms with Gasteiger partial charge in [-0.1, -0.05) is 17.7 Å². The van der Waals surface area contributed by atoms with Gasteiger partial charge in [-0.25, -0.2) is 8.42 Å². The SMILES string of the molecule is CC(C)(C)Oc1ccc([S+](c2ccc(OC(C)(C)C)cc2)c2cccnc2)cc1.Cc1ccc(S(=O)(=O)[O-])c(C)c1. The molecule has 0 saturated heterocycles. The van der Waals surface area contributed by atoms with Crippen LogP contribution in [0.4, 0.5) is 0 Å². The summed E-state index contributed by atoms with van der Waals surface area (Å²) in [5, 5.41) is 0. The Morgan fingerprint density at radius 1 is 0.707 bits per heavy atom. The number of pyridine rings is 1. The predicted molar refractivity (Wildman–Crippen MR) is 164 cm³/mol. The Morgan fingerprint density at radius 2 is 1.20 bits per heavy atom. The summed E-state index contributed by atoms with van der Waals surface area (Å²) in [5.74, 6) is 1.76. The van der Waals surface area contributed by atoms with Crippen LogP contribution in [0.3, 0.4) is 0 Å². The number of aryl methyl sites for hydroxylation is 2. The third-order valence-electron chi connectivity index (χ3n) is 5.44. The molecule has 1 heterocycles. The Bertz CT molecular complexity index is 1460. The maximum absolute atomic E-state index is 10.6. The van der Waals surface area contributed by atoms with Gasteiger partial charge in [-0.05, 0) is 128 Å². The second-order valence-electron chi connectivity index (χ2n) is 11.6. The molecule has 0 saturated carbocycles. The molecule has 0 amide bonds. The lowest BCUT2D eigenvalue weighted by atomic mass is 10.2. The average molecular weight is 594 g/mol. The highest BCUT2D eigenvalue weighted by atomic mass is 32.2. The van der Waals surface area contributed by atoms with Gasteiger partial charge in [-0.15, -0.1) is 0 Å². The van der Waals surface area contributed by atoms with Gasteiger partial charge in [0.15, 0.2) is 14.7 Å². The quantitative estimate of drug-likeness (QED) is 0.168. The van der Waals surface area contributed by atoms with Crippen molar-refractivity contribution in [2.24, 2.45) is 0 Å². The predicted octanol–water partition coefficient (Wildman–Crippen LogP) is 7.74. The van der Waals surface area contributed by atoms with Crippen molar-refractivity contribution >= 4 is 21.0 Å². The molecule has 0 N–H and O–H groups in total. The van der Waals surface area contributed by atoms with Crippen molar-refractivity contribution in [3.63, 3.8) is 0 Å². The molecule has 0 fully saturated rings. The van der Waals surface area contributed by atoms with E-state index in [1.807, 2.05) is 49.6 Å². The largest absolute Gasteiger partial charge is 0.744 e. The summed E-state index contributed by atoms with van der Waals surface area (Å²) < 4.78 is 43.8. The van der Waals surface area contributed by atoms with Gasteiger partial charge in [0.25, 0.3) is 0 Å². The summed E-state index contributed by atoms with van der Waals surface area (Å²) in [5.41, 5.74) is 1.02. The molecule has 1 aromatic heterocycles. The number of ether oxygens (including phenoxy) is 2. The first kappa shape index (κ1) is 32.2. The molecular weight excluding hydrogens is 554 g/mol. The Kier molecular flexibility index (Phi) is 10.3. The van der Waals surface area contributed by atoms with Crippen molar-refractivity contribution in [2.75, 3.05) is 0 Å². The van der Waals surface area contributed by atoms with Crippen LogP contribution in [0.2, 0.25) is 0 Å². The minimum atomic E-state index is -4.30. The summed E-state index contributed by atoms with van der Waals surface area (Å²) in [6, 6.07) is 25.5. The van der Waals surface area contributed by atoms with E-state index in [1.54, 1.807) is 19.1 Å². The van der Waals surface area contributed by atoms with Gasteiger partial charge in [0.2, 0.25) is 0 Å². The van der Waals surface area contributed by atoms with E-state index >= 15 is 0 Å². The van der Waals surface area contributed by atoms with Gasteiger partial charge in [0.1, 0.15) is 43.7 Å². The number of nitrogens with zero attached hydrogens (tertiary/aromatic N) is 1. The van der Waals surface area contributed by atoms with Crippen LogP contribution >= 0.6 is 0 Å². The molecule has 6 nitrogen and oxygen atoms in total. The minimum absolute atomic E-state index is 0.131. The van der Waals surface area contributed by atoms with E-state index in [1.165, 1.54) is 20.8 Å². The van der Waals surface area contributed by atoms with E-state index in [9.17, 15) is 13.0 Å². The zero-order valence-electron chi connectivity index (χ0n) is 25.0. The molecule has 218 valence electrons. The number of benzene rings is 3. The normalized spacial score (nSPS) is 12.0. The Morgan fingerprint density at radius 3 is 1.56 bits per heavy atom. The highest BCUT2D eigenvalue weighted by Crippen LogP contribution is 2.33. The monoisotopic (exact) mass is 593 g/mol. The van der Waals surface area contributed by atoms with Crippen LogP contribution in [-0.4, -0.2) is 29.2 Å². The van der Waals surface area contributed by atoms with Gasteiger partial charge in [-0.2, -0.15) is 0 Å². The first-order chi connectivity index (χ1) is 19.0. The fourth-order valence-corrected chi connectivity index (χ4v) is 6.65.